The quantitative estimate of drug-likeness (QED) is 0.879. The van der Waals surface area contributed by atoms with Crippen LogP contribution in [0.1, 0.15) is 42.7 Å². The van der Waals surface area contributed by atoms with Crippen LogP contribution < -0.4 is 4.72 Å². The van der Waals surface area contributed by atoms with Crippen LogP contribution >= 0.6 is 0 Å². The van der Waals surface area contributed by atoms with Gasteiger partial charge in [-0.3, -0.25) is 4.79 Å². The lowest BCUT2D eigenvalue weighted by molar-refractivity contribution is -0.138. The molecule has 0 bridgehead atoms. The van der Waals surface area contributed by atoms with E-state index in [1.807, 2.05) is 4.72 Å². The number of benzene rings is 1. The van der Waals surface area contributed by atoms with E-state index in [0.717, 1.165) is 25.3 Å². The molecule has 1 amide bonds. The van der Waals surface area contributed by atoms with Crippen molar-refractivity contribution in [1.29, 1.82) is 0 Å². The van der Waals surface area contributed by atoms with Crippen molar-refractivity contribution < 1.29 is 26.4 Å². The highest BCUT2D eigenvalue weighted by Crippen LogP contribution is 2.51. The van der Waals surface area contributed by atoms with Crippen LogP contribution in [-0.2, 0) is 21.2 Å². The summed E-state index contributed by atoms with van der Waals surface area (Å²) >= 11 is 0. The lowest BCUT2D eigenvalue weighted by Gasteiger charge is -2.25. The summed E-state index contributed by atoms with van der Waals surface area (Å²) in [6.45, 7) is 0.710. The Kier molecular flexibility index (Phi) is 4.80. The van der Waals surface area contributed by atoms with E-state index in [0.29, 0.717) is 13.1 Å². The second-order valence-electron chi connectivity index (χ2n) is 6.46. The molecule has 1 aromatic carbocycles. The lowest BCUT2D eigenvalue weighted by Crippen LogP contribution is -2.46. The molecule has 138 valence electrons. The third-order valence-corrected chi connectivity index (χ3v) is 6.18. The Morgan fingerprint density at radius 3 is 2.40 bits per heavy atom. The number of halogens is 3. The SMILES string of the molecule is O=C(NS(=O)(=O)N1CCCCC1)[C@H]1C[C@@H]1c1ccccc1C(F)(F)F. The molecule has 2 fully saturated rings. The normalized spacial score (nSPS) is 24.8. The van der Waals surface area contributed by atoms with Crippen LogP contribution in [0, 0.1) is 5.92 Å². The number of rotatable bonds is 4. The van der Waals surface area contributed by atoms with Gasteiger partial charge in [-0.25, -0.2) is 4.72 Å². The molecule has 1 N–H and O–H groups in total. The molecule has 2 atom stereocenters. The standard InChI is InChI=1S/C16H19F3N2O3S/c17-16(18,19)14-7-3-2-6-11(14)12-10-13(12)15(22)20-25(23,24)21-8-4-1-5-9-21/h2-3,6-7,12-13H,1,4-5,8-10H2,(H,20,22)/t12-,13+/m1/s1. The third-order valence-electron chi connectivity index (χ3n) is 4.68. The van der Waals surface area contributed by atoms with Crippen molar-refractivity contribution in [3.63, 3.8) is 0 Å². The van der Waals surface area contributed by atoms with Crippen molar-refractivity contribution in [3.8, 4) is 0 Å². The zero-order valence-electron chi connectivity index (χ0n) is 13.4. The van der Waals surface area contributed by atoms with Crippen molar-refractivity contribution in [2.45, 2.75) is 37.8 Å². The molecule has 0 aromatic heterocycles. The number of carbonyl (C=O) groups is 1. The van der Waals surface area contributed by atoms with E-state index < -0.39 is 39.7 Å². The Morgan fingerprint density at radius 2 is 1.76 bits per heavy atom. The fourth-order valence-electron chi connectivity index (χ4n) is 3.28. The molecule has 3 rings (SSSR count). The van der Waals surface area contributed by atoms with Crippen molar-refractivity contribution in [3.05, 3.63) is 35.4 Å². The number of nitrogens with one attached hydrogen (secondary N) is 1. The summed E-state index contributed by atoms with van der Waals surface area (Å²) in [4.78, 5) is 12.2. The molecular formula is C16H19F3N2O3S. The summed E-state index contributed by atoms with van der Waals surface area (Å²) in [5, 5.41) is 0. The molecule has 1 aliphatic heterocycles. The monoisotopic (exact) mass is 376 g/mol. The van der Waals surface area contributed by atoms with E-state index in [9.17, 15) is 26.4 Å². The molecule has 1 aromatic rings. The average molecular weight is 376 g/mol. The van der Waals surface area contributed by atoms with Crippen LogP contribution in [0.2, 0.25) is 0 Å². The van der Waals surface area contributed by atoms with Gasteiger partial charge >= 0.3 is 16.4 Å². The minimum absolute atomic E-state index is 0.0468. The molecule has 0 radical (unpaired) electrons. The molecule has 25 heavy (non-hydrogen) atoms. The van der Waals surface area contributed by atoms with Crippen LogP contribution in [0.3, 0.4) is 0 Å². The molecular weight excluding hydrogens is 357 g/mol. The van der Waals surface area contributed by atoms with Gasteiger partial charge in [0, 0.05) is 19.0 Å². The lowest BCUT2D eigenvalue weighted by atomic mass is 10.0. The predicted octanol–water partition coefficient (Wildman–Crippen LogP) is 2.66. The van der Waals surface area contributed by atoms with E-state index in [4.69, 9.17) is 0 Å². The molecule has 1 aliphatic carbocycles. The van der Waals surface area contributed by atoms with Gasteiger partial charge in [-0.1, -0.05) is 24.6 Å². The number of piperidine rings is 1. The predicted molar refractivity (Wildman–Crippen MR) is 84.8 cm³/mol. The summed E-state index contributed by atoms with van der Waals surface area (Å²) < 4.78 is 66.9. The molecule has 5 nitrogen and oxygen atoms in total. The summed E-state index contributed by atoms with van der Waals surface area (Å²) in [6.07, 6.45) is -1.87. The maximum absolute atomic E-state index is 13.1. The molecule has 1 heterocycles. The van der Waals surface area contributed by atoms with Gasteiger partial charge in [-0.15, -0.1) is 0 Å². The van der Waals surface area contributed by atoms with Crippen molar-refractivity contribution >= 4 is 16.1 Å². The number of hydrogen-bond donors (Lipinski definition) is 1. The van der Waals surface area contributed by atoms with Crippen molar-refractivity contribution in [1.82, 2.24) is 9.03 Å². The van der Waals surface area contributed by atoms with Crippen LogP contribution in [0.15, 0.2) is 24.3 Å². The third kappa shape index (κ3) is 3.98. The van der Waals surface area contributed by atoms with E-state index in [1.54, 1.807) is 0 Å². The Balaban J connectivity index is 1.69. The van der Waals surface area contributed by atoms with Crippen molar-refractivity contribution in [2.75, 3.05) is 13.1 Å². The molecule has 2 aliphatic rings. The average Bonchev–Trinajstić information content (AvgIpc) is 3.35. The maximum Gasteiger partial charge on any atom is 0.416 e. The molecule has 1 saturated carbocycles. The Bertz CT molecular complexity index is 758. The first-order valence-electron chi connectivity index (χ1n) is 8.18. The first kappa shape index (κ1) is 18.2. The van der Waals surface area contributed by atoms with Crippen LogP contribution in [0.25, 0.3) is 0 Å². The topological polar surface area (TPSA) is 66.5 Å². The van der Waals surface area contributed by atoms with Gasteiger partial charge in [0.05, 0.1) is 5.56 Å². The first-order chi connectivity index (χ1) is 11.7. The second kappa shape index (κ2) is 6.60. The molecule has 0 unspecified atom stereocenters. The van der Waals surface area contributed by atoms with Gasteiger partial charge in [0.25, 0.3) is 0 Å². The van der Waals surface area contributed by atoms with E-state index in [-0.39, 0.29) is 12.0 Å². The summed E-state index contributed by atoms with van der Waals surface area (Å²) in [5.41, 5.74) is -0.722. The van der Waals surface area contributed by atoms with Gasteiger partial charge < -0.3 is 0 Å². The Labute approximate surface area is 144 Å². The van der Waals surface area contributed by atoms with Gasteiger partial charge in [-0.2, -0.15) is 25.9 Å². The fraction of sp³-hybridized carbons (Fsp3) is 0.562. The molecule has 1 saturated heterocycles. The summed E-state index contributed by atoms with van der Waals surface area (Å²) in [7, 11) is -3.92. The largest absolute Gasteiger partial charge is 0.416 e. The van der Waals surface area contributed by atoms with Gasteiger partial charge in [0.1, 0.15) is 0 Å². The highest BCUT2D eigenvalue weighted by Gasteiger charge is 2.48. The van der Waals surface area contributed by atoms with Crippen LogP contribution in [0.4, 0.5) is 13.2 Å². The van der Waals surface area contributed by atoms with Gasteiger partial charge in [0.2, 0.25) is 5.91 Å². The smallest absolute Gasteiger partial charge is 0.274 e. The van der Waals surface area contributed by atoms with E-state index in [1.165, 1.54) is 22.5 Å². The number of carbonyl (C=O) groups excluding carboxylic acids is 1. The minimum atomic E-state index is -4.50. The van der Waals surface area contributed by atoms with Crippen LogP contribution in [-0.4, -0.2) is 31.7 Å². The second-order valence-corrected chi connectivity index (χ2v) is 8.14. The first-order valence-corrected chi connectivity index (χ1v) is 9.62. The zero-order chi connectivity index (χ0) is 18.2. The minimum Gasteiger partial charge on any atom is -0.274 e. The molecule has 9 heteroatoms. The molecule has 0 spiro atoms. The van der Waals surface area contributed by atoms with Gasteiger partial charge in [0.15, 0.2) is 0 Å². The summed E-state index contributed by atoms with van der Waals surface area (Å²) in [5.74, 6) is -2.08. The number of alkyl halides is 3. The highest BCUT2D eigenvalue weighted by atomic mass is 32.2. The van der Waals surface area contributed by atoms with E-state index in [2.05, 4.69) is 0 Å². The van der Waals surface area contributed by atoms with Gasteiger partial charge in [-0.05, 0) is 36.8 Å². The van der Waals surface area contributed by atoms with E-state index >= 15 is 0 Å². The fourth-order valence-corrected chi connectivity index (χ4v) is 4.55. The zero-order valence-corrected chi connectivity index (χ0v) is 14.2. The summed E-state index contributed by atoms with van der Waals surface area (Å²) in [6, 6.07) is 5.11. The number of amides is 1. The number of hydrogen-bond acceptors (Lipinski definition) is 3. The Hall–Kier alpha value is -1.61. The maximum atomic E-state index is 13.1. The highest BCUT2D eigenvalue weighted by molar-refractivity contribution is 7.87. The van der Waals surface area contributed by atoms with Crippen molar-refractivity contribution in [2.24, 2.45) is 5.92 Å². The van der Waals surface area contributed by atoms with Crippen LogP contribution in [0.5, 0.6) is 0 Å². The number of nitrogens with zero attached hydrogens (tertiary/aromatic N) is 1. The Morgan fingerprint density at radius 1 is 1.12 bits per heavy atom.